The standard InChI is InChI=1S/C34H44N6O9S/c1-19-7-5-6-8-21-16-34(21,32(43)39(3)50(46,47)24-10-11-24)38-29(41)27-15-23(17-40(27)31(42)28(20(2)13-19)37-33(44)45)49-30-25-12-9-22(48-4)14-26(25)35-18-36-30/h6,8-9,12,14,18-21,23-24,27-28,37H,5,7,10-11,13,15-17H2,1-4H3,(H,38,41)(H,44,45)/b8-6-/t19-,20-,21-,23-,27+,28+,34-/m1/s1. The maximum atomic E-state index is 14.3. The number of likely N-dealkylation sites (N-methyl/N-ethyl adjacent to an activating group) is 1. The van der Waals surface area contributed by atoms with Crippen molar-refractivity contribution in [2.24, 2.45) is 17.8 Å². The molecule has 7 atom stereocenters. The van der Waals surface area contributed by atoms with Crippen LogP contribution in [-0.2, 0) is 24.4 Å². The van der Waals surface area contributed by atoms with Crippen molar-refractivity contribution in [2.45, 2.75) is 87.8 Å². The molecule has 4 amide bonds. The SMILES string of the molecule is COc1ccc2c(O[C@@H]3C[C@H]4C(=O)N[C@]5(C(=O)N(C)S(=O)(=O)C6CC6)C[C@H]5/C=C\CC[C@@H](C)C[C@@H](C)[C@H](NC(=O)O)C(=O)N4C3)ncnc2c1. The average Bonchev–Trinajstić information content (AvgIpc) is 4.01. The van der Waals surface area contributed by atoms with Crippen LogP contribution < -0.4 is 20.1 Å². The number of carboxylic acid groups (broad SMARTS) is 1. The first-order valence-corrected chi connectivity index (χ1v) is 18.5. The quantitative estimate of drug-likeness (QED) is 0.357. The highest BCUT2D eigenvalue weighted by Gasteiger charge is 2.63. The van der Waals surface area contributed by atoms with E-state index < -0.39 is 74.7 Å². The minimum Gasteiger partial charge on any atom is -0.497 e. The molecular formula is C34H44N6O9S. The highest BCUT2D eigenvalue weighted by atomic mass is 32.2. The van der Waals surface area contributed by atoms with Gasteiger partial charge in [0.05, 0.1) is 29.8 Å². The van der Waals surface area contributed by atoms with E-state index in [4.69, 9.17) is 9.47 Å². The monoisotopic (exact) mass is 712 g/mol. The molecule has 1 aromatic carbocycles. The van der Waals surface area contributed by atoms with Gasteiger partial charge in [0.1, 0.15) is 35.8 Å². The number of allylic oxidation sites excluding steroid dienone is 1. The van der Waals surface area contributed by atoms with Gasteiger partial charge in [0.15, 0.2) is 0 Å². The third kappa shape index (κ3) is 6.94. The van der Waals surface area contributed by atoms with Gasteiger partial charge in [0.25, 0.3) is 5.91 Å². The average molecular weight is 713 g/mol. The minimum atomic E-state index is -3.89. The summed E-state index contributed by atoms with van der Waals surface area (Å²) in [5, 5.41) is 15.0. The van der Waals surface area contributed by atoms with Crippen LogP contribution in [0.1, 0.15) is 58.8 Å². The normalized spacial score (nSPS) is 30.9. The molecule has 0 bridgehead atoms. The zero-order valence-corrected chi connectivity index (χ0v) is 29.4. The summed E-state index contributed by atoms with van der Waals surface area (Å²) in [6, 6.07) is 2.88. The molecule has 3 heterocycles. The molecule has 270 valence electrons. The summed E-state index contributed by atoms with van der Waals surface area (Å²) in [4.78, 5) is 64.5. The van der Waals surface area contributed by atoms with Crippen LogP contribution in [0.5, 0.6) is 11.6 Å². The first kappa shape index (κ1) is 35.4. The van der Waals surface area contributed by atoms with Crippen molar-refractivity contribution in [3.63, 3.8) is 0 Å². The number of rotatable bonds is 7. The third-order valence-electron chi connectivity index (χ3n) is 10.4. The zero-order valence-electron chi connectivity index (χ0n) is 28.6. The zero-order chi connectivity index (χ0) is 36.0. The summed E-state index contributed by atoms with van der Waals surface area (Å²) in [6.07, 6.45) is 6.11. The van der Waals surface area contributed by atoms with Crippen LogP contribution in [0.25, 0.3) is 10.9 Å². The molecule has 1 saturated heterocycles. The Morgan fingerprint density at radius 3 is 2.60 bits per heavy atom. The number of amides is 4. The molecule has 3 N–H and O–H groups in total. The van der Waals surface area contributed by atoms with Crippen molar-refractivity contribution >= 4 is 44.7 Å². The predicted molar refractivity (Wildman–Crippen MR) is 181 cm³/mol. The summed E-state index contributed by atoms with van der Waals surface area (Å²) in [5.41, 5.74) is -0.958. The maximum absolute atomic E-state index is 14.3. The van der Waals surface area contributed by atoms with E-state index >= 15 is 0 Å². The molecule has 0 spiro atoms. The number of ether oxygens (including phenoxy) is 2. The van der Waals surface area contributed by atoms with Gasteiger partial charge in [0, 0.05) is 25.5 Å². The number of fused-ring (bicyclic) bond motifs is 3. The first-order chi connectivity index (χ1) is 23.7. The number of carbonyl (C=O) groups is 4. The molecule has 2 aliphatic carbocycles. The largest absolute Gasteiger partial charge is 0.497 e. The second-order valence-electron chi connectivity index (χ2n) is 14.1. The fourth-order valence-electron chi connectivity index (χ4n) is 7.31. The molecular weight excluding hydrogens is 668 g/mol. The van der Waals surface area contributed by atoms with Crippen molar-refractivity contribution in [3.05, 3.63) is 36.7 Å². The van der Waals surface area contributed by atoms with E-state index in [9.17, 15) is 32.7 Å². The third-order valence-corrected chi connectivity index (χ3v) is 12.6. The maximum Gasteiger partial charge on any atom is 0.405 e. The van der Waals surface area contributed by atoms with Gasteiger partial charge in [-0.1, -0.05) is 26.0 Å². The number of carbonyl (C=O) groups excluding carboxylic acids is 3. The Hall–Kier alpha value is -4.47. The molecule has 1 aromatic heterocycles. The molecule has 2 aliphatic heterocycles. The Kier molecular flexibility index (Phi) is 9.68. The number of hydrogen-bond acceptors (Lipinski definition) is 10. The van der Waals surface area contributed by atoms with Gasteiger partial charge in [-0.2, -0.15) is 0 Å². The van der Waals surface area contributed by atoms with Crippen molar-refractivity contribution in [2.75, 3.05) is 20.7 Å². The van der Waals surface area contributed by atoms with Crippen molar-refractivity contribution in [1.29, 1.82) is 0 Å². The second-order valence-corrected chi connectivity index (χ2v) is 16.3. The lowest BCUT2D eigenvalue weighted by atomic mass is 9.88. The van der Waals surface area contributed by atoms with Crippen LogP contribution in [0.3, 0.4) is 0 Å². The predicted octanol–water partition coefficient (Wildman–Crippen LogP) is 2.46. The molecule has 0 unspecified atom stereocenters. The Morgan fingerprint density at radius 2 is 1.90 bits per heavy atom. The van der Waals surface area contributed by atoms with E-state index in [2.05, 4.69) is 20.6 Å². The number of nitrogens with one attached hydrogen (secondary N) is 2. The number of benzene rings is 1. The van der Waals surface area contributed by atoms with Gasteiger partial charge in [-0.25, -0.2) is 27.5 Å². The number of sulfonamides is 1. The van der Waals surface area contributed by atoms with E-state index in [1.807, 2.05) is 26.0 Å². The lowest BCUT2D eigenvalue weighted by Gasteiger charge is -2.32. The summed E-state index contributed by atoms with van der Waals surface area (Å²) < 4.78 is 38.6. The highest BCUT2D eigenvalue weighted by Crippen LogP contribution is 2.48. The van der Waals surface area contributed by atoms with Crippen LogP contribution in [-0.4, -0.2) is 106 Å². The van der Waals surface area contributed by atoms with Crippen LogP contribution >= 0.6 is 0 Å². The highest BCUT2D eigenvalue weighted by molar-refractivity contribution is 7.90. The van der Waals surface area contributed by atoms with Gasteiger partial charge in [-0.15, -0.1) is 0 Å². The van der Waals surface area contributed by atoms with Gasteiger partial charge in [-0.05, 0) is 62.5 Å². The molecule has 15 nitrogen and oxygen atoms in total. The number of aromatic nitrogens is 2. The Bertz CT molecular complexity index is 1820. The Morgan fingerprint density at radius 1 is 1.14 bits per heavy atom. The summed E-state index contributed by atoms with van der Waals surface area (Å²) >= 11 is 0. The number of nitrogens with zero attached hydrogens (tertiary/aromatic N) is 4. The second kappa shape index (κ2) is 13.7. The smallest absolute Gasteiger partial charge is 0.405 e. The van der Waals surface area contributed by atoms with Crippen molar-refractivity contribution < 1.29 is 42.2 Å². The molecule has 6 rings (SSSR count). The van der Waals surface area contributed by atoms with E-state index in [1.54, 1.807) is 18.2 Å². The van der Waals surface area contributed by atoms with Crippen LogP contribution in [0.2, 0.25) is 0 Å². The van der Waals surface area contributed by atoms with Gasteiger partial charge in [-0.3, -0.25) is 14.4 Å². The molecule has 4 aliphatic rings. The van der Waals surface area contributed by atoms with Crippen molar-refractivity contribution in [1.82, 2.24) is 29.8 Å². The fraction of sp³-hybridized carbons (Fsp3) is 0.588. The molecule has 2 saturated carbocycles. The van der Waals surface area contributed by atoms with Crippen LogP contribution in [0.15, 0.2) is 36.7 Å². The van der Waals surface area contributed by atoms with Gasteiger partial charge in [0.2, 0.25) is 27.7 Å². The number of hydrogen-bond donors (Lipinski definition) is 3. The summed E-state index contributed by atoms with van der Waals surface area (Å²) in [6.45, 7) is 3.77. The molecule has 16 heteroatoms. The topological polar surface area (TPSA) is 197 Å². The molecule has 2 aromatic rings. The summed E-state index contributed by atoms with van der Waals surface area (Å²) in [5.74, 6) is -1.89. The van der Waals surface area contributed by atoms with E-state index in [0.29, 0.717) is 42.3 Å². The molecule has 50 heavy (non-hydrogen) atoms. The van der Waals surface area contributed by atoms with Crippen molar-refractivity contribution in [3.8, 4) is 11.6 Å². The van der Waals surface area contributed by atoms with E-state index in [0.717, 1.165) is 10.7 Å². The van der Waals surface area contributed by atoms with E-state index in [1.165, 1.54) is 25.4 Å². The number of methoxy groups -OCH3 is 1. The van der Waals surface area contributed by atoms with E-state index in [-0.39, 0.29) is 31.2 Å². The Labute approximate surface area is 290 Å². The molecule has 3 fully saturated rings. The first-order valence-electron chi connectivity index (χ1n) is 17.0. The summed E-state index contributed by atoms with van der Waals surface area (Å²) in [7, 11) is -1.12. The van der Waals surface area contributed by atoms with Crippen LogP contribution in [0.4, 0.5) is 4.79 Å². The van der Waals surface area contributed by atoms with Crippen LogP contribution in [0, 0.1) is 17.8 Å². The fourth-order valence-corrected chi connectivity index (χ4v) is 8.88. The van der Waals surface area contributed by atoms with Gasteiger partial charge >= 0.3 is 6.09 Å². The Balaban J connectivity index is 1.35. The molecule has 0 radical (unpaired) electrons. The lowest BCUT2D eigenvalue weighted by Crippen LogP contribution is -2.59. The minimum absolute atomic E-state index is 0.00475. The van der Waals surface area contributed by atoms with Gasteiger partial charge < -0.3 is 30.1 Å². The lowest BCUT2D eigenvalue weighted by molar-refractivity contribution is -0.142.